The molecule has 0 bridgehead atoms. The van der Waals surface area contributed by atoms with Gasteiger partial charge in [0.05, 0.1) is 10.9 Å². The van der Waals surface area contributed by atoms with Crippen molar-refractivity contribution >= 4 is 21.5 Å². The number of fused-ring (bicyclic) bond motifs is 3. The van der Waals surface area contributed by atoms with Crippen molar-refractivity contribution in [3.8, 4) is 22.8 Å². The van der Waals surface area contributed by atoms with Gasteiger partial charge < -0.3 is 4.74 Å². The molecular weight excluding hydrogens is 426 g/mol. The Bertz CT molecular complexity index is 1510. The zero-order valence-electron chi connectivity index (χ0n) is 23.2. The first-order valence-electron chi connectivity index (χ1n) is 12.9. The van der Waals surface area contributed by atoms with Crippen molar-refractivity contribution in [3.63, 3.8) is 0 Å². The van der Waals surface area contributed by atoms with Crippen LogP contribution in [-0.2, 0) is 19.9 Å². The largest absolute Gasteiger partial charge is 0.455 e. The van der Waals surface area contributed by atoms with Crippen LogP contribution in [0.5, 0.6) is 11.5 Å². The summed E-state index contributed by atoms with van der Waals surface area (Å²) in [7, 11) is 2.17. The highest BCUT2D eigenvalue weighted by Gasteiger charge is 2.34. The molecule has 0 unspecified atom stereocenters. The standard InChI is InChI=1S/C33H40NO/c1-19-13-20(2)27-24(14-19)21(3)28-30-29-23(11-12-34(30)10)15-22(17-32(4,5)6)16-26(29)35-31(28)25(27)18-33(7,8)9/h11-16H,17-18H2,1-10H3/q+1. The van der Waals surface area contributed by atoms with Gasteiger partial charge in [0.1, 0.15) is 18.5 Å². The van der Waals surface area contributed by atoms with Crippen LogP contribution in [0.4, 0.5) is 0 Å². The molecule has 0 N–H and O–H groups in total. The van der Waals surface area contributed by atoms with E-state index in [1.54, 1.807) is 0 Å². The predicted octanol–water partition coefficient (Wildman–Crippen LogP) is 8.69. The summed E-state index contributed by atoms with van der Waals surface area (Å²) in [5.41, 5.74) is 9.52. The highest BCUT2D eigenvalue weighted by molar-refractivity contribution is 6.07. The van der Waals surface area contributed by atoms with Crippen LogP contribution in [0.3, 0.4) is 0 Å². The fourth-order valence-electron chi connectivity index (χ4n) is 6.06. The average molecular weight is 467 g/mol. The summed E-state index contributed by atoms with van der Waals surface area (Å²) in [6.07, 6.45) is 4.20. The number of hydrogen-bond acceptors (Lipinski definition) is 1. The third-order valence-corrected chi connectivity index (χ3v) is 7.21. The van der Waals surface area contributed by atoms with Crippen LogP contribution in [0.2, 0.25) is 0 Å². The second-order valence-electron chi connectivity index (χ2n) is 13.2. The molecule has 0 radical (unpaired) electrons. The number of ether oxygens (including phenoxy) is 1. The first kappa shape index (κ1) is 23.9. The Labute approximate surface area is 210 Å². The monoisotopic (exact) mass is 466 g/mol. The number of nitrogens with zero attached hydrogens (tertiary/aromatic N) is 1. The molecule has 0 amide bonds. The lowest BCUT2D eigenvalue weighted by Gasteiger charge is -2.29. The second kappa shape index (κ2) is 7.82. The Morgan fingerprint density at radius 2 is 1.51 bits per heavy atom. The maximum absolute atomic E-state index is 7.00. The average Bonchev–Trinajstić information content (AvgIpc) is 2.70. The van der Waals surface area contributed by atoms with Gasteiger partial charge in [0.25, 0.3) is 0 Å². The first-order valence-corrected chi connectivity index (χ1v) is 12.9. The van der Waals surface area contributed by atoms with Crippen LogP contribution < -0.4 is 9.30 Å². The maximum Gasteiger partial charge on any atom is 0.228 e. The van der Waals surface area contributed by atoms with Crippen LogP contribution in [0, 0.1) is 31.6 Å². The zero-order chi connectivity index (χ0) is 25.4. The quantitative estimate of drug-likeness (QED) is 0.237. The molecule has 2 heterocycles. The van der Waals surface area contributed by atoms with E-state index in [1.165, 1.54) is 60.6 Å². The first-order chi connectivity index (χ1) is 16.2. The van der Waals surface area contributed by atoms with E-state index in [4.69, 9.17) is 4.74 Å². The molecule has 1 aromatic heterocycles. The molecule has 2 heteroatoms. The van der Waals surface area contributed by atoms with Crippen LogP contribution in [0.15, 0.2) is 36.5 Å². The van der Waals surface area contributed by atoms with Gasteiger partial charge in [-0.15, -0.1) is 0 Å². The molecule has 35 heavy (non-hydrogen) atoms. The van der Waals surface area contributed by atoms with E-state index >= 15 is 0 Å². The minimum absolute atomic E-state index is 0.138. The Morgan fingerprint density at radius 1 is 0.829 bits per heavy atom. The molecule has 1 aliphatic heterocycles. The van der Waals surface area contributed by atoms with E-state index in [0.717, 1.165) is 24.3 Å². The van der Waals surface area contributed by atoms with Gasteiger partial charge in [0.15, 0.2) is 6.20 Å². The van der Waals surface area contributed by atoms with Gasteiger partial charge in [-0.1, -0.05) is 65.3 Å². The smallest absolute Gasteiger partial charge is 0.228 e. The van der Waals surface area contributed by atoms with Gasteiger partial charge in [-0.2, -0.15) is 0 Å². The summed E-state index contributed by atoms with van der Waals surface area (Å²) in [6, 6.07) is 11.6. The van der Waals surface area contributed by atoms with Crippen molar-refractivity contribution in [1.82, 2.24) is 0 Å². The fraction of sp³-hybridized carbons (Fsp3) is 0.424. The summed E-state index contributed by atoms with van der Waals surface area (Å²) < 4.78 is 9.29. The Balaban J connectivity index is 1.93. The third kappa shape index (κ3) is 4.11. The maximum atomic E-state index is 7.00. The van der Waals surface area contributed by atoms with Crippen molar-refractivity contribution in [3.05, 3.63) is 64.3 Å². The lowest BCUT2D eigenvalue weighted by molar-refractivity contribution is -0.659. The van der Waals surface area contributed by atoms with Crippen molar-refractivity contribution in [2.75, 3.05) is 0 Å². The van der Waals surface area contributed by atoms with E-state index < -0.39 is 0 Å². The number of hydrogen-bond donors (Lipinski definition) is 0. The van der Waals surface area contributed by atoms with Gasteiger partial charge in [-0.05, 0) is 83.4 Å². The molecule has 4 aromatic rings. The topological polar surface area (TPSA) is 13.1 Å². The number of aryl methyl sites for hydroxylation is 4. The molecule has 5 rings (SSSR count). The van der Waals surface area contributed by atoms with Gasteiger partial charge in [-0.25, -0.2) is 4.57 Å². The summed E-state index contributed by atoms with van der Waals surface area (Å²) in [4.78, 5) is 0. The van der Waals surface area contributed by atoms with Gasteiger partial charge in [0.2, 0.25) is 5.69 Å². The fourth-order valence-corrected chi connectivity index (χ4v) is 6.06. The summed E-state index contributed by atoms with van der Waals surface area (Å²) in [5.74, 6) is 2.06. The Hall–Kier alpha value is -2.87. The Morgan fingerprint density at radius 3 is 2.17 bits per heavy atom. The molecule has 182 valence electrons. The number of benzene rings is 3. The molecule has 0 saturated heterocycles. The number of pyridine rings is 1. The van der Waals surface area contributed by atoms with Gasteiger partial charge in [-0.3, -0.25) is 0 Å². The van der Waals surface area contributed by atoms with Crippen LogP contribution in [0.1, 0.15) is 69.4 Å². The zero-order valence-corrected chi connectivity index (χ0v) is 23.2. The van der Waals surface area contributed by atoms with E-state index in [-0.39, 0.29) is 10.8 Å². The van der Waals surface area contributed by atoms with Crippen molar-refractivity contribution < 1.29 is 9.30 Å². The normalized spacial score (nSPS) is 13.3. The highest BCUT2D eigenvalue weighted by Crippen LogP contribution is 2.52. The molecule has 0 spiro atoms. The van der Waals surface area contributed by atoms with Crippen molar-refractivity contribution in [2.45, 2.75) is 75.2 Å². The number of aromatic nitrogens is 1. The summed E-state index contributed by atoms with van der Waals surface area (Å²) in [6.45, 7) is 20.6. The van der Waals surface area contributed by atoms with Crippen LogP contribution >= 0.6 is 0 Å². The van der Waals surface area contributed by atoms with E-state index in [0.29, 0.717) is 0 Å². The van der Waals surface area contributed by atoms with Gasteiger partial charge in [0, 0.05) is 11.6 Å². The Kier molecular flexibility index (Phi) is 5.33. The third-order valence-electron chi connectivity index (χ3n) is 7.21. The van der Waals surface area contributed by atoms with E-state index in [9.17, 15) is 0 Å². The molecule has 2 nitrogen and oxygen atoms in total. The molecule has 0 atom stereocenters. The molecule has 1 aliphatic rings. The number of rotatable bonds is 2. The molecule has 0 aliphatic carbocycles. The molecule has 0 saturated carbocycles. The van der Waals surface area contributed by atoms with Crippen molar-refractivity contribution in [2.24, 2.45) is 17.9 Å². The minimum Gasteiger partial charge on any atom is -0.455 e. The molecule has 3 aromatic carbocycles. The summed E-state index contributed by atoms with van der Waals surface area (Å²) in [5, 5.41) is 5.21. The van der Waals surface area contributed by atoms with Gasteiger partial charge >= 0.3 is 0 Å². The molecule has 0 fully saturated rings. The van der Waals surface area contributed by atoms with E-state index in [1.807, 2.05) is 0 Å². The minimum atomic E-state index is 0.138. The van der Waals surface area contributed by atoms with Crippen LogP contribution in [-0.4, -0.2) is 0 Å². The lowest BCUT2D eigenvalue weighted by Crippen LogP contribution is -2.32. The summed E-state index contributed by atoms with van der Waals surface area (Å²) >= 11 is 0. The van der Waals surface area contributed by atoms with Crippen molar-refractivity contribution in [1.29, 1.82) is 0 Å². The van der Waals surface area contributed by atoms with E-state index in [2.05, 4.69) is 110 Å². The van der Waals surface area contributed by atoms with Crippen LogP contribution in [0.25, 0.3) is 32.8 Å². The predicted molar refractivity (Wildman–Crippen MR) is 149 cm³/mol. The lowest BCUT2D eigenvalue weighted by atomic mass is 9.80. The highest BCUT2D eigenvalue weighted by atomic mass is 16.5. The molecular formula is C33H40NO+. The second-order valence-corrected chi connectivity index (χ2v) is 13.2. The SMILES string of the molecule is Cc1cc(C)c2c(CC(C)(C)C)c3c(c(C)c2c1)-c1c2c(cc(CC(C)(C)C)cc2cc[n+]1C)O3.